The van der Waals surface area contributed by atoms with Crippen molar-refractivity contribution in [3.63, 3.8) is 0 Å². The lowest BCUT2D eigenvalue weighted by molar-refractivity contribution is -0.121. The number of nitrogens with one attached hydrogen (secondary N) is 1. The Labute approximate surface area is 80.2 Å². The Balaban J connectivity index is 3.25. The number of carbonyl (C=O) groups is 1. The molecule has 0 aromatic heterocycles. The van der Waals surface area contributed by atoms with Crippen LogP contribution in [0.5, 0.6) is 0 Å². The van der Waals surface area contributed by atoms with E-state index < -0.39 is 0 Å². The van der Waals surface area contributed by atoms with Gasteiger partial charge in [-0.05, 0) is 20.3 Å². The molecular weight excluding hydrogens is 166 g/mol. The molecular formula is C10H19NO2. The van der Waals surface area contributed by atoms with E-state index in [4.69, 9.17) is 4.74 Å². The summed E-state index contributed by atoms with van der Waals surface area (Å²) in [5.74, 6) is 0.0719. The molecule has 0 fully saturated rings. The predicted octanol–water partition coefficient (Wildman–Crippen LogP) is 1.50. The summed E-state index contributed by atoms with van der Waals surface area (Å²) in [7, 11) is 0. The molecule has 76 valence electrons. The van der Waals surface area contributed by atoms with E-state index in [-0.39, 0.29) is 5.91 Å². The van der Waals surface area contributed by atoms with Crippen LogP contribution in [0.2, 0.25) is 0 Å². The highest BCUT2D eigenvalue weighted by Gasteiger charge is 1.99. The van der Waals surface area contributed by atoms with Crippen LogP contribution in [-0.2, 0) is 9.53 Å². The van der Waals surface area contributed by atoms with Crippen molar-refractivity contribution in [2.45, 2.75) is 26.7 Å². The van der Waals surface area contributed by atoms with Crippen LogP contribution in [0.25, 0.3) is 0 Å². The quantitative estimate of drug-likeness (QED) is 0.482. The molecule has 3 heteroatoms. The van der Waals surface area contributed by atoms with E-state index in [9.17, 15) is 4.79 Å². The summed E-state index contributed by atoms with van der Waals surface area (Å²) >= 11 is 0. The second kappa shape index (κ2) is 7.80. The second-order valence-corrected chi connectivity index (χ2v) is 3.03. The number of rotatable bonds is 7. The third-order valence-electron chi connectivity index (χ3n) is 1.48. The number of amides is 1. The van der Waals surface area contributed by atoms with Crippen LogP contribution in [0.4, 0.5) is 0 Å². The molecule has 0 unspecified atom stereocenters. The van der Waals surface area contributed by atoms with Gasteiger partial charge < -0.3 is 10.1 Å². The number of hydrogen-bond acceptors (Lipinski definition) is 2. The summed E-state index contributed by atoms with van der Waals surface area (Å²) in [6.45, 7) is 9.49. The van der Waals surface area contributed by atoms with Crippen molar-refractivity contribution < 1.29 is 9.53 Å². The molecule has 3 nitrogen and oxygen atoms in total. The van der Waals surface area contributed by atoms with Crippen molar-refractivity contribution in [3.05, 3.63) is 12.2 Å². The molecule has 0 aromatic carbocycles. The van der Waals surface area contributed by atoms with Gasteiger partial charge in [0.15, 0.2) is 0 Å². The standard InChI is InChI=1S/C10H19NO2/c1-4-13-7-5-6-10(12)11-8-9(2)3/h2,4-8H2,1,3H3,(H,11,12). The largest absolute Gasteiger partial charge is 0.382 e. The number of hydrogen-bond donors (Lipinski definition) is 1. The first-order valence-electron chi connectivity index (χ1n) is 4.65. The van der Waals surface area contributed by atoms with Gasteiger partial charge in [0.25, 0.3) is 0 Å². The molecule has 0 aromatic rings. The third kappa shape index (κ3) is 9.08. The molecule has 0 spiro atoms. The summed E-state index contributed by atoms with van der Waals surface area (Å²) in [6.07, 6.45) is 1.32. The van der Waals surface area contributed by atoms with Crippen molar-refractivity contribution in [1.29, 1.82) is 0 Å². The number of ether oxygens (including phenoxy) is 1. The van der Waals surface area contributed by atoms with Crippen molar-refractivity contribution in [3.8, 4) is 0 Å². The van der Waals surface area contributed by atoms with Crippen LogP contribution in [0, 0.1) is 0 Å². The van der Waals surface area contributed by atoms with Crippen molar-refractivity contribution >= 4 is 5.91 Å². The van der Waals surface area contributed by atoms with Crippen molar-refractivity contribution in [1.82, 2.24) is 5.32 Å². The highest BCUT2D eigenvalue weighted by Crippen LogP contribution is 1.91. The molecule has 1 N–H and O–H groups in total. The molecule has 0 bridgehead atoms. The Bertz CT molecular complexity index is 166. The maximum absolute atomic E-state index is 11.1. The van der Waals surface area contributed by atoms with E-state index in [1.165, 1.54) is 0 Å². The van der Waals surface area contributed by atoms with Crippen LogP contribution in [0.3, 0.4) is 0 Å². The minimum atomic E-state index is 0.0719. The summed E-state index contributed by atoms with van der Waals surface area (Å²) in [6, 6.07) is 0. The van der Waals surface area contributed by atoms with Crippen LogP contribution in [0.1, 0.15) is 26.7 Å². The average molecular weight is 185 g/mol. The highest BCUT2D eigenvalue weighted by atomic mass is 16.5. The first-order valence-corrected chi connectivity index (χ1v) is 4.65. The summed E-state index contributed by atoms with van der Waals surface area (Å²) in [4.78, 5) is 11.1. The van der Waals surface area contributed by atoms with Crippen LogP contribution in [0.15, 0.2) is 12.2 Å². The topological polar surface area (TPSA) is 38.3 Å². The van der Waals surface area contributed by atoms with Gasteiger partial charge in [-0.1, -0.05) is 12.2 Å². The van der Waals surface area contributed by atoms with Gasteiger partial charge >= 0.3 is 0 Å². The first-order chi connectivity index (χ1) is 6.16. The van der Waals surface area contributed by atoms with Crippen LogP contribution in [-0.4, -0.2) is 25.7 Å². The molecule has 0 heterocycles. The Morgan fingerprint density at radius 3 is 2.77 bits per heavy atom. The van der Waals surface area contributed by atoms with E-state index in [0.29, 0.717) is 26.2 Å². The van der Waals surface area contributed by atoms with Gasteiger partial charge in [-0.3, -0.25) is 4.79 Å². The van der Waals surface area contributed by atoms with Crippen LogP contribution < -0.4 is 5.32 Å². The highest BCUT2D eigenvalue weighted by molar-refractivity contribution is 5.76. The molecule has 0 radical (unpaired) electrons. The Kier molecular flexibility index (Phi) is 7.30. The normalized spacial score (nSPS) is 9.69. The molecule has 13 heavy (non-hydrogen) atoms. The molecule has 0 aliphatic rings. The van der Waals surface area contributed by atoms with Gasteiger partial charge in [-0.25, -0.2) is 0 Å². The van der Waals surface area contributed by atoms with Gasteiger partial charge in [0.2, 0.25) is 5.91 Å². The van der Waals surface area contributed by atoms with Gasteiger partial charge in [0.05, 0.1) is 0 Å². The maximum atomic E-state index is 11.1. The fourth-order valence-corrected chi connectivity index (χ4v) is 0.817. The zero-order chi connectivity index (χ0) is 10.1. The Morgan fingerprint density at radius 1 is 1.54 bits per heavy atom. The Hall–Kier alpha value is -0.830. The summed E-state index contributed by atoms with van der Waals surface area (Å²) in [5.41, 5.74) is 0.971. The molecule has 0 saturated carbocycles. The lowest BCUT2D eigenvalue weighted by Crippen LogP contribution is -2.24. The second-order valence-electron chi connectivity index (χ2n) is 3.03. The van der Waals surface area contributed by atoms with Gasteiger partial charge in [-0.15, -0.1) is 0 Å². The van der Waals surface area contributed by atoms with Crippen molar-refractivity contribution in [2.24, 2.45) is 0 Å². The molecule has 1 amide bonds. The van der Waals surface area contributed by atoms with Gasteiger partial charge in [0, 0.05) is 26.2 Å². The summed E-state index contributed by atoms with van der Waals surface area (Å²) in [5, 5.41) is 2.76. The smallest absolute Gasteiger partial charge is 0.220 e. The Morgan fingerprint density at radius 2 is 2.23 bits per heavy atom. The average Bonchev–Trinajstić information content (AvgIpc) is 2.09. The zero-order valence-electron chi connectivity index (χ0n) is 8.56. The van der Waals surface area contributed by atoms with E-state index in [1.807, 2.05) is 13.8 Å². The SMILES string of the molecule is C=C(C)CNC(=O)CCCOCC. The lowest BCUT2D eigenvalue weighted by Gasteiger charge is -2.04. The lowest BCUT2D eigenvalue weighted by atomic mass is 10.3. The van der Waals surface area contributed by atoms with E-state index in [2.05, 4.69) is 11.9 Å². The minimum Gasteiger partial charge on any atom is -0.382 e. The molecule has 0 atom stereocenters. The first kappa shape index (κ1) is 12.2. The zero-order valence-corrected chi connectivity index (χ0v) is 8.56. The fourth-order valence-electron chi connectivity index (χ4n) is 0.817. The van der Waals surface area contributed by atoms with Gasteiger partial charge in [-0.2, -0.15) is 0 Å². The molecule has 0 saturated heterocycles. The minimum absolute atomic E-state index is 0.0719. The molecule has 0 rings (SSSR count). The van der Waals surface area contributed by atoms with E-state index in [0.717, 1.165) is 12.0 Å². The van der Waals surface area contributed by atoms with E-state index >= 15 is 0 Å². The van der Waals surface area contributed by atoms with Crippen molar-refractivity contribution in [2.75, 3.05) is 19.8 Å². The fraction of sp³-hybridized carbons (Fsp3) is 0.700. The van der Waals surface area contributed by atoms with E-state index in [1.54, 1.807) is 0 Å². The van der Waals surface area contributed by atoms with Crippen LogP contribution >= 0.6 is 0 Å². The summed E-state index contributed by atoms with van der Waals surface area (Å²) < 4.78 is 5.11. The maximum Gasteiger partial charge on any atom is 0.220 e. The molecule has 0 aliphatic carbocycles. The predicted molar refractivity (Wildman–Crippen MR) is 53.6 cm³/mol. The number of carbonyl (C=O) groups excluding carboxylic acids is 1. The van der Waals surface area contributed by atoms with Gasteiger partial charge in [0.1, 0.15) is 0 Å². The third-order valence-corrected chi connectivity index (χ3v) is 1.48. The monoisotopic (exact) mass is 185 g/mol. The molecule has 0 aliphatic heterocycles.